The van der Waals surface area contributed by atoms with E-state index in [2.05, 4.69) is 6.58 Å². The maximum atomic E-state index is 8.42. The fraction of sp³-hybridized carbons (Fsp3) is 0.0833. The molecule has 0 atom stereocenters. The first-order chi connectivity index (χ1) is 6.29. The van der Waals surface area contributed by atoms with Crippen LogP contribution in [-0.4, -0.2) is 0 Å². The Labute approximate surface area is 78.6 Å². The van der Waals surface area contributed by atoms with Gasteiger partial charge in [0.05, 0.1) is 6.07 Å². The molecule has 0 amide bonds. The minimum absolute atomic E-state index is 1.06. The van der Waals surface area contributed by atoms with Gasteiger partial charge in [-0.2, -0.15) is 5.26 Å². The zero-order valence-electron chi connectivity index (χ0n) is 7.62. The molecule has 1 aromatic carbocycles. The summed E-state index contributed by atoms with van der Waals surface area (Å²) in [6.45, 7) is 5.74. The molecule has 1 nitrogen and oxygen atoms in total. The summed E-state index contributed by atoms with van der Waals surface area (Å²) in [6.07, 6.45) is 5.09. The minimum atomic E-state index is 1.06. The Hall–Kier alpha value is -1.81. The van der Waals surface area contributed by atoms with Gasteiger partial charge in [0.2, 0.25) is 0 Å². The van der Waals surface area contributed by atoms with E-state index in [0.717, 1.165) is 16.7 Å². The van der Waals surface area contributed by atoms with Gasteiger partial charge in [0.15, 0.2) is 0 Å². The molecular weight excluding hydrogens is 158 g/mol. The van der Waals surface area contributed by atoms with Crippen molar-refractivity contribution in [3.63, 3.8) is 0 Å². The number of nitrogens with zero attached hydrogens (tertiary/aromatic N) is 1. The highest BCUT2D eigenvalue weighted by atomic mass is 14.2. The highest BCUT2D eigenvalue weighted by molar-refractivity contribution is 5.67. The normalized spacial score (nSPS) is 9.85. The van der Waals surface area contributed by atoms with E-state index in [9.17, 15) is 0 Å². The zero-order valence-corrected chi connectivity index (χ0v) is 7.62. The van der Waals surface area contributed by atoms with Crippen LogP contribution in [0.3, 0.4) is 0 Å². The van der Waals surface area contributed by atoms with Crippen molar-refractivity contribution in [3.8, 4) is 6.07 Å². The minimum Gasteiger partial charge on any atom is -0.193 e. The third kappa shape index (κ3) is 2.07. The van der Waals surface area contributed by atoms with Gasteiger partial charge in [-0.1, -0.05) is 30.9 Å². The largest absolute Gasteiger partial charge is 0.193 e. The van der Waals surface area contributed by atoms with E-state index in [4.69, 9.17) is 5.26 Å². The summed E-state index contributed by atoms with van der Waals surface area (Å²) in [5, 5.41) is 8.42. The second kappa shape index (κ2) is 4.27. The lowest BCUT2D eigenvalue weighted by Crippen LogP contribution is -1.84. The van der Waals surface area contributed by atoms with Crippen molar-refractivity contribution in [2.75, 3.05) is 0 Å². The molecule has 0 bridgehead atoms. The number of allylic oxidation sites excluding steroid dienone is 1. The summed E-state index contributed by atoms with van der Waals surface area (Å²) in [5.74, 6) is 0. The van der Waals surface area contributed by atoms with Crippen LogP contribution in [0.15, 0.2) is 30.9 Å². The molecule has 1 heteroatoms. The molecule has 0 N–H and O–H groups in total. The average molecular weight is 169 g/mol. The molecule has 0 spiro atoms. The molecule has 0 aliphatic carbocycles. The number of aryl methyl sites for hydroxylation is 1. The lowest BCUT2D eigenvalue weighted by Gasteiger charge is -2.03. The van der Waals surface area contributed by atoms with E-state index in [1.807, 2.05) is 37.3 Å². The number of nitriles is 1. The van der Waals surface area contributed by atoms with E-state index in [1.54, 1.807) is 6.08 Å². The van der Waals surface area contributed by atoms with Crippen LogP contribution in [0.25, 0.3) is 12.2 Å². The molecule has 1 rings (SSSR count). The fourth-order valence-corrected chi connectivity index (χ4v) is 1.23. The SMILES string of the molecule is C=Cc1cccc(C)c1C=CC#N. The Bertz CT molecular complexity index is 381. The first kappa shape index (κ1) is 9.28. The first-order valence-electron chi connectivity index (χ1n) is 4.08. The second-order valence-corrected chi connectivity index (χ2v) is 2.74. The molecule has 0 saturated heterocycles. The van der Waals surface area contributed by atoms with Crippen molar-refractivity contribution in [1.82, 2.24) is 0 Å². The Balaban J connectivity index is 3.24. The van der Waals surface area contributed by atoms with Crippen LogP contribution in [0.4, 0.5) is 0 Å². The summed E-state index contributed by atoms with van der Waals surface area (Å²) < 4.78 is 0. The van der Waals surface area contributed by atoms with Gasteiger partial charge in [-0.05, 0) is 29.7 Å². The molecule has 0 unspecified atom stereocenters. The van der Waals surface area contributed by atoms with Crippen LogP contribution in [0.2, 0.25) is 0 Å². The molecule has 0 aliphatic heterocycles. The van der Waals surface area contributed by atoms with E-state index in [0.29, 0.717) is 0 Å². The van der Waals surface area contributed by atoms with E-state index < -0.39 is 0 Å². The number of benzene rings is 1. The van der Waals surface area contributed by atoms with E-state index >= 15 is 0 Å². The molecule has 0 saturated carbocycles. The maximum Gasteiger partial charge on any atom is 0.0912 e. The molecule has 0 aromatic heterocycles. The van der Waals surface area contributed by atoms with E-state index in [1.165, 1.54) is 6.08 Å². The Morgan fingerprint density at radius 3 is 2.85 bits per heavy atom. The number of hydrogen-bond acceptors (Lipinski definition) is 1. The molecule has 64 valence electrons. The molecule has 0 aliphatic rings. The van der Waals surface area contributed by atoms with Crippen LogP contribution in [0.1, 0.15) is 16.7 Å². The van der Waals surface area contributed by atoms with Crippen LogP contribution in [0.5, 0.6) is 0 Å². The van der Waals surface area contributed by atoms with Gasteiger partial charge in [-0.25, -0.2) is 0 Å². The summed E-state index contributed by atoms with van der Waals surface area (Å²) in [7, 11) is 0. The first-order valence-corrected chi connectivity index (χ1v) is 4.08. The van der Waals surface area contributed by atoms with Gasteiger partial charge >= 0.3 is 0 Å². The van der Waals surface area contributed by atoms with Gasteiger partial charge in [0.25, 0.3) is 0 Å². The lowest BCUT2D eigenvalue weighted by atomic mass is 10.0. The van der Waals surface area contributed by atoms with Crippen LogP contribution < -0.4 is 0 Å². The van der Waals surface area contributed by atoms with Crippen molar-refractivity contribution in [2.45, 2.75) is 6.92 Å². The third-order valence-electron chi connectivity index (χ3n) is 1.90. The Kier molecular flexibility index (Phi) is 3.05. The summed E-state index contributed by atoms with van der Waals surface area (Å²) >= 11 is 0. The van der Waals surface area contributed by atoms with Gasteiger partial charge in [-0.3, -0.25) is 0 Å². The standard InChI is InChI=1S/C12H11N/c1-3-11-7-4-6-10(2)12(11)8-5-9-13/h3-8H,1H2,2H3. The quantitative estimate of drug-likeness (QED) is 0.624. The monoisotopic (exact) mass is 169 g/mol. The topological polar surface area (TPSA) is 23.8 Å². The number of rotatable bonds is 2. The van der Waals surface area contributed by atoms with Gasteiger partial charge < -0.3 is 0 Å². The second-order valence-electron chi connectivity index (χ2n) is 2.74. The average Bonchev–Trinajstić information content (AvgIpc) is 2.15. The van der Waals surface area contributed by atoms with Crippen molar-refractivity contribution in [2.24, 2.45) is 0 Å². The Morgan fingerprint density at radius 2 is 2.23 bits per heavy atom. The van der Waals surface area contributed by atoms with Crippen LogP contribution in [0, 0.1) is 18.3 Å². The molecular formula is C12H11N. The molecule has 13 heavy (non-hydrogen) atoms. The predicted octanol–water partition coefficient (Wildman–Crippen LogP) is 3.17. The van der Waals surface area contributed by atoms with E-state index in [-0.39, 0.29) is 0 Å². The highest BCUT2D eigenvalue weighted by Gasteiger charge is 1.97. The van der Waals surface area contributed by atoms with Crippen LogP contribution >= 0.6 is 0 Å². The van der Waals surface area contributed by atoms with Crippen molar-refractivity contribution >= 4 is 12.2 Å². The van der Waals surface area contributed by atoms with Gasteiger partial charge in [-0.15, -0.1) is 0 Å². The molecule has 0 fully saturated rings. The summed E-state index contributed by atoms with van der Waals surface area (Å²) in [4.78, 5) is 0. The lowest BCUT2D eigenvalue weighted by molar-refractivity contribution is 1.43. The fourth-order valence-electron chi connectivity index (χ4n) is 1.23. The molecule has 0 heterocycles. The van der Waals surface area contributed by atoms with Gasteiger partial charge in [0, 0.05) is 6.08 Å². The maximum absolute atomic E-state index is 8.42. The molecule has 0 radical (unpaired) electrons. The zero-order chi connectivity index (χ0) is 9.68. The Morgan fingerprint density at radius 1 is 1.46 bits per heavy atom. The van der Waals surface area contributed by atoms with Crippen molar-refractivity contribution in [1.29, 1.82) is 5.26 Å². The van der Waals surface area contributed by atoms with Crippen molar-refractivity contribution in [3.05, 3.63) is 47.5 Å². The summed E-state index contributed by atoms with van der Waals surface area (Å²) in [5.41, 5.74) is 3.29. The number of hydrogen-bond donors (Lipinski definition) is 0. The predicted molar refractivity (Wildman–Crippen MR) is 55.9 cm³/mol. The highest BCUT2D eigenvalue weighted by Crippen LogP contribution is 2.16. The van der Waals surface area contributed by atoms with Crippen LogP contribution in [-0.2, 0) is 0 Å². The smallest absolute Gasteiger partial charge is 0.0912 e. The van der Waals surface area contributed by atoms with Gasteiger partial charge in [0.1, 0.15) is 0 Å². The third-order valence-corrected chi connectivity index (χ3v) is 1.90. The summed E-state index contributed by atoms with van der Waals surface area (Å²) in [6, 6.07) is 7.96. The van der Waals surface area contributed by atoms with Crippen molar-refractivity contribution < 1.29 is 0 Å². The molecule has 1 aromatic rings.